The Morgan fingerprint density at radius 3 is 2.40 bits per heavy atom. The van der Waals surface area contributed by atoms with Crippen LogP contribution in [0.5, 0.6) is 0 Å². The van der Waals surface area contributed by atoms with Gasteiger partial charge in [0, 0.05) is 40.6 Å². The summed E-state index contributed by atoms with van der Waals surface area (Å²) in [6.45, 7) is 9.97. The minimum atomic E-state index is -0.194. The molecule has 0 radical (unpaired) electrons. The van der Waals surface area contributed by atoms with Crippen LogP contribution in [0.4, 0.5) is 5.69 Å². The average molecular weight is 551 g/mol. The Hall–Kier alpha value is -3.64. The molecule has 2 heterocycles. The van der Waals surface area contributed by atoms with Gasteiger partial charge in [-0.3, -0.25) is 4.57 Å². The van der Waals surface area contributed by atoms with Gasteiger partial charge in [-0.05, 0) is 97.5 Å². The Labute approximate surface area is 240 Å². The summed E-state index contributed by atoms with van der Waals surface area (Å²) in [5, 5.41) is 2.35. The van der Waals surface area contributed by atoms with E-state index in [4.69, 9.17) is 27.1 Å². The highest BCUT2D eigenvalue weighted by Crippen LogP contribution is 2.38. The fourth-order valence-corrected chi connectivity index (χ4v) is 5.66. The van der Waals surface area contributed by atoms with Gasteiger partial charge in [-0.2, -0.15) is 0 Å². The molecule has 1 aromatic heterocycles. The van der Waals surface area contributed by atoms with Crippen LogP contribution in [0.2, 0.25) is 5.02 Å². The molecule has 204 valence electrons. The molecule has 1 aliphatic carbocycles. The van der Waals surface area contributed by atoms with Crippen molar-refractivity contribution in [3.05, 3.63) is 106 Å². The first kappa shape index (κ1) is 26.6. The molecule has 2 aliphatic rings. The maximum Gasteiger partial charge on any atom is 0.145 e. The van der Waals surface area contributed by atoms with Gasteiger partial charge < -0.3 is 15.4 Å². The second-order valence-corrected chi connectivity index (χ2v) is 11.3. The first-order chi connectivity index (χ1) is 19.4. The number of hydrogen-bond donors (Lipinski definition) is 1. The average Bonchev–Trinajstić information content (AvgIpc) is 3.31. The number of anilines is 1. The van der Waals surface area contributed by atoms with Crippen molar-refractivity contribution in [2.24, 2.45) is 5.73 Å². The molecule has 40 heavy (non-hydrogen) atoms. The van der Waals surface area contributed by atoms with E-state index in [-0.39, 0.29) is 5.54 Å². The van der Waals surface area contributed by atoms with Crippen molar-refractivity contribution in [1.29, 1.82) is 0 Å². The Balaban J connectivity index is 1.38. The highest BCUT2D eigenvalue weighted by molar-refractivity contribution is 6.30. The second-order valence-electron chi connectivity index (χ2n) is 10.8. The van der Waals surface area contributed by atoms with Crippen molar-refractivity contribution < 1.29 is 4.74 Å². The summed E-state index contributed by atoms with van der Waals surface area (Å²) in [5.41, 5.74) is 13.1. The monoisotopic (exact) mass is 550 g/mol. The number of nitrogens with two attached hydrogens (primary N) is 1. The molecule has 1 aliphatic heterocycles. The zero-order chi connectivity index (χ0) is 27.7. The highest BCUT2D eigenvalue weighted by Gasteiger charge is 2.34. The fraction of sp³-hybridized carbons (Fsp3) is 0.265. The molecule has 1 saturated heterocycles. The van der Waals surface area contributed by atoms with Crippen molar-refractivity contribution in [2.45, 2.75) is 31.7 Å². The Kier molecular flexibility index (Phi) is 7.37. The van der Waals surface area contributed by atoms with Crippen molar-refractivity contribution in [3.8, 4) is 17.1 Å². The number of benzene rings is 3. The maximum absolute atomic E-state index is 6.59. The van der Waals surface area contributed by atoms with Gasteiger partial charge in [0.05, 0.1) is 23.9 Å². The number of morpholine rings is 1. The number of allylic oxidation sites excluding steroid dienone is 2. The van der Waals surface area contributed by atoms with E-state index in [9.17, 15) is 0 Å². The number of halogens is 1. The topological polar surface area (TPSA) is 56.3 Å². The number of hydrogen-bond acceptors (Lipinski definition) is 4. The Bertz CT molecular complexity index is 1640. The second kappa shape index (κ2) is 11.1. The first-order valence-corrected chi connectivity index (χ1v) is 14.3. The number of aromatic nitrogens is 2. The molecular formula is C34H35ClN4O. The van der Waals surface area contributed by atoms with Crippen LogP contribution in [-0.2, 0) is 10.3 Å². The predicted molar refractivity (Wildman–Crippen MR) is 166 cm³/mol. The summed E-state index contributed by atoms with van der Waals surface area (Å²) < 4.78 is 7.64. The van der Waals surface area contributed by atoms with E-state index in [0.717, 1.165) is 72.5 Å². The van der Waals surface area contributed by atoms with Gasteiger partial charge in [-0.15, -0.1) is 0 Å². The Morgan fingerprint density at radius 1 is 1.00 bits per heavy atom. The number of imidazole rings is 1. The molecule has 4 aromatic rings. The summed E-state index contributed by atoms with van der Waals surface area (Å²) in [4.78, 5) is 7.43. The third-order valence-corrected chi connectivity index (χ3v) is 8.47. The predicted octanol–water partition coefficient (Wildman–Crippen LogP) is 5.66. The number of ether oxygens (including phenoxy) is 1. The van der Waals surface area contributed by atoms with Gasteiger partial charge in [-0.25, -0.2) is 4.98 Å². The van der Waals surface area contributed by atoms with Crippen LogP contribution in [0.25, 0.3) is 35.3 Å². The van der Waals surface area contributed by atoms with Crippen LogP contribution >= 0.6 is 11.6 Å². The molecule has 0 amide bonds. The van der Waals surface area contributed by atoms with Crippen LogP contribution in [0, 0.1) is 0 Å². The van der Waals surface area contributed by atoms with Crippen LogP contribution in [0.1, 0.15) is 37.3 Å². The van der Waals surface area contributed by atoms with E-state index in [1.165, 1.54) is 23.2 Å². The van der Waals surface area contributed by atoms with Gasteiger partial charge in [0.2, 0.25) is 0 Å². The standard InChI is InChI=1S/C34H35ClN4O/c1-24(27-5-3-6-31(23-27)38-19-21-40-22-20-38)7-16-32-25(2)39(33(37-32)26-8-12-29(35)13-9-26)30-14-10-28(11-15-30)34(36)17-4-18-34/h3,5-16,23H,2,4,17-22,36H2,1H3/b24-7+,32-16+. The van der Waals surface area contributed by atoms with E-state index in [1.807, 2.05) is 24.3 Å². The van der Waals surface area contributed by atoms with E-state index >= 15 is 0 Å². The molecule has 0 bridgehead atoms. The lowest BCUT2D eigenvalue weighted by atomic mass is 9.73. The summed E-state index contributed by atoms with van der Waals surface area (Å²) in [6.07, 6.45) is 7.45. The fourth-order valence-electron chi connectivity index (χ4n) is 5.53. The summed E-state index contributed by atoms with van der Waals surface area (Å²) in [6, 6.07) is 25.0. The molecule has 6 rings (SSSR count). The zero-order valence-corrected chi connectivity index (χ0v) is 23.7. The molecule has 3 aromatic carbocycles. The molecule has 6 heteroatoms. The Morgan fingerprint density at radius 2 is 1.73 bits per heavy atom. The molecular weight excluding hydrogens is 516 g/mol. The third kappa shape index (κ3) is 5.25. The molecule has 2 N–H and O–H groups in total. The van der Waals surface area contributed by atoms with Crippen molar-refractivity contribution in [2.75, 3.05) is 31.2 Å². The van der Waals surface area contributed by atoms with Crippen LogP contribution in [0.3, 0.4) is 0 Å². The normalized spacial score (nSPS) is 17.6. The molecule has 0 unspecified atom stereocenters. The van der Waals surface area contributed by atoms with Crippen LogP contribution in [-0.4, -0.2) is 35.9 Å². The smallest absolute Gasteiger partial charge is 0.145 e. The van der Waals surface area contributed by atoms with Gasteiger partial charge in [0.25, 0.3) is 0 Å². The quantitative estimate of drug-likeness (QED) is 0.336. The SMILES string of the molecule is C=c1/c(=C\C=C(/C)c2cccc(N3CCOCC3)c2)nc(-c2ccc(Cl)cc2)n1-c1ccc(C2(N)CCC2)cc1. The lowest BCUT2D eigenvalue weighted by Gasteiger charge is -2.38. The molecule has 0 atom stereocenters. The van der Waals surface area contributed by atoms with Gasteiger partial charge >= 0.3 is 0 Å². The maximum atomic E-state index is 6.59. The highest BCUT2D eigenvalue weighted by atomic mass is 35.5. The van der Waals surface area contributed by atoms with E-state index in [2.05, 4.69) is 83.7 Å². The molecule has 2 fully saturated rings. The molecule has 5 nitrogen and oxygen atoms in total. The zero-order valence-electron chi connectivity index (χ0n) is 22.9. The van der Waals surface area contributed by atoms with Crippen molar-refractivity contribution in [1.82, 2.24) is 9.55 Å². The lowest BCUT2D eigenvalue weighted by Crippen LogP contribution is -2.43. The first-order valence-electron chi connectivity index (χ1n) is 14.0. The lowest BCUT2D eigenvalue weighted by molar-refractivity contribution is 0.122. The van der Waals surface area contributed by atoms with E-state index < -0.39 is 0 Å². The summed E-state index contributed by atoms with van der Waals surface area (Å²) in [5.74, 6) is 0.826. The van der Waals surface area contributed by atoms with E-state index in [0.29, 0.717) is 5.02 Å². The number of rotatable bonds is 6. The largest absolute Gasteiger partial charge is 0.378 e. The van der Waals surface area contributed by atoms with Gasteiger partial charge in [0.1, 0.15) is 5.82 Å². The molecule has 0 spiro atoms. The van der Waals surface area contributed by atoms with Gasteiger partial charge in [0.15, 0.2) is 0 Å². The van der Waals surface area contributed by atoms with Crippen molar-refractivity contribution >= 4 is 35.5 Å². The van der Waals surface area contributed by atoms with Crippen LogP contribution < -0.4 is 21.3 Å². The summed E-state index contributed by atoms with van der Waals surface area (Å²) >= 11 is 6.20. The van der Waals surface area contributed by atoms with E-state index in [1.54, 1.807) is 0 Å². The minimum Gasteiger partial charge on any atom is -0.378 e. The summed E-state index contributed by atoms with van der Waals surface area (Å²) in [7, 11) is 0. The third-order valence-electron chi connectivity index (χ3n) is 8.22. The minimum absolute atomic E-state index is 0.194. The molecule has 1 saturated carbocycles. The van der Waals surface area contributed by atoms with Crippen LogP contribution in [0.15, 0.2) is 78.9 Å². The number of nitrogens with zero attached hydrogens (tertiary/aromatic N) is 3. The van der Waals surface area contributed by atoms with Gasteiger partial charge in [-0.1, -0.05) is 48.5 Å². The van der Waals surface area contributed by atoms with Crippen molar-refractivity contribution in [3.63, 3.8) is 0 Å².